The van der Waals surface area contributed by atoms with Crippen LogP contribution < -0.4 is 10.6 Å². The molecule has 2 amide bonds. The van der Waals surface area contributed by atoms with Gasteiger partial charge >= 0.3 is 5.97 Å². The van der Waals surface area contributed by atoms with Gasteiger partial charge in [-0.05, 0) is 51.3 Å². The summed E-state index contributed by atoms with van der Waals surface area (Å²) in [4.78, 5) is 38.1. The molecule has 220 valence electrons. The fraction of sp³-hybridized carbons (Fsp3) is 0.621. The Bertz CT molecular complexity index is 1120. The van der Waals surface area contributed by atoms with Crippen molar-refractivity contribution in [3.8, 4) is 0 Å². The van der Waals surface area contributed by atoms with Gasteiger partial charge in [0.15, 0.2) is 5.79 Å². The minimum atomic E-state index is -1.34. The Kier molecular flexibility index (Phi) is 9.01. The summed E-state index contributed by atoms with van der Waals surface area (Å²) in [5.41, 5.74) is 1.80. The molecule has 40 heavy (non-hydrogen) atoms. The van der Waals surface area contributed by atoms with Crippen molar-refractivity contribution in [1.29, 1.82) is 0 Å². The predicted molar refractivity (Wildman–Crippen MR) is 143 cm³/mol. The number of esters is 1. The molecule has 0 saturated carbocycles. The zero-order valence-electron chi connectivity index (χ0n) is 23.4. The Morgan fingerprint density at radius 3 is 2.35 bits per heavy atom. The molecular formula is C29H40N2O9. The van der Waals surface area contributed by atoms with Crippen molar-refractivity contribution in [2.45, 2.75) is 108 Å². The summed E-state index contributed by atoms with van der Waals surface area (Å²) in [6.45, 7) is 6.13. The predicted octanol–water partition coefficient (Wildman–Crippen LogP) is 0.421. The maximum Gasteiger partial charge on any atom is 0.306 e. The molecule has 11 nitrogen and oxygen atoms in total. The number of rotatable bonds is 9. The Hall–Kier alpha value is -2.83. The lowest BCUT2D eigenvalue weighted by atomic mass is 9.91. The minimum absolute atomic E-state index is 0.0112. The topological polar surface area (TPSA) is 164 Å². The number of benzene rings is 1. The van der Waals surface area contributed by atoms with Crippen LogP contribution in [0.15, 0.2) is 35.9 Å². The quantitative estimate of drug-likeness (QED) is 0.269. The molecule has 1 aromatic carbocycles. The van der Waals surface area contributed by atoms with Gasteiger partial charge in [-0.3, -0.25) is 14.4 Å². The number of fused-ring (bicyclic) bond motifs is 2. The molecule has 2 aliphatic carbocycles. The highest BCUT2D eigenvalue weighted by Gasteiger charge is 2.53. The van der Waals surface area contributed by atoms with Gasteiger partial charge in [0.05, 0.1) is 24.9 Å². The van der Waals surface area contributed by atoms with Crippen LogP contribution in [0.4, 0.5) is 0 Å². The number of ether oxygens (including phenoxy) is 3. The smallest absolute Gasteiger partial charge is 0.306 e. The summed E-state index contributed by atoms with van der Waals surface area (Å²) in [7, 11) is 0. The van der Waals surface area contributed by atoms with Crippen molar-refractivity contribution >= 4 is 17.8 Å². The summed E-state index contributed by atoms with van der Waals surface area (Å²) >= 11 is 0. The van der Waals surface area contributed by atoms with Crippen LogP contribution in [0.25, 0.3) is 0 Å². The number of aliphatic hydroxyl groups is 3. The van der Waals surface area contributed by atoms with Crippen molar-refractivity contribution in [3.05, 3.63) is 47.0 Å². The van der Waals surface area contributed by atoms with Gasteiger partial charge < -0.3 is 40.2 Å². The summed E-state index contributed by atoms with van der Waals surface area (Å²) in [5, 5.41) is 35.9. The van der Waals surface area contributed by atoms with Crippen LogP contribution in [0.5, 0.6) is 0 Å². The molecule has 1 fully saturated rings. The summed E-state index contributed by atoms with van der Waals surface area (Å²) in [5.74, 6) is -2.72. The first kappa shape index (κ1) is 30.1. The van der Waals surface area contributed by atoms with Crippen molar-refractivity contribution < 1.29 is 43.9 Å². The second-order valence-electron chi connectivity index (χ2n) is 11.9. The molecule has 0 radical (unpaired) electrons. The molecule has 4 rings (SSSR count). The Morgan fingerprint density at radius 2 is 1.77 bits per heavy atom. The lowest BCUT2D eigenvalue weighted by Gasteiger charge is -2.28. The van der Waals surface area contributed by atoms with Crippen LogP contribution in [0.1, 0.15) is 58.1 Å². The van der Waals surface area contributed by atoms with E-state index in [1.54, 1.807) is 26.8 Å². The average molecular weight is 561 g/mol. The van der Waals surface area contributed by atoms with E-state index in [1.165, 1.54) is 6.92 Å². The zero-order chi connectivity index (χ0) is 29.2. The molecule has 0 aromatic heterocycles. The van der Waals surface area contributed by atoms with Gasteiger partial charge in [-0.25, -0.2) is 0 Å². The van der Waals surface area contributed by atoms with Crippen molar-refractivity contribution in [1.82, 2.24) is 10.6 Å². The Morgan fingerprint density at radius 1 is 1.12 bits per heavy atom. The van der Waals surface area contributed by atoms with E-state index in [0.29, 0.717) is 12.8 Å². The highest BCUT2D eigenvalue weighted by Crippen LogP contribution is 2.44. The lowest BCUT2D eigenvalue weighted by molar-refractivity contribution is -0.171. The normalized spacial score (nSPS) is 25.3. The highest BCUT2D eigenvalue weighted by atomic mass is 16.8. The van der Waals surface area contributed by atoms with Gasteiger partial charge in [-0.2, -0.15) is 0 Å². The summed E-state index contributed by atoms with van der Waals surface area (Å²) in [6.07, 6.45) is -0.767. The standard InChI is InChI=1S/C29H40N2O9/c1-16(33)24(27(37)30-20(15-32)9-10-23(35)39-28(2,3)4)31-26(36)19-11-21(34)25-22(12-19)38-29(40-25)13-17-7-5-6-8-18(17)14-29/h5-8,12,16,20-22,24-25,32-34H,9-11,13-15H2,1-4H3,(H,30,37)(H,31,36). The number of amides is 2. The van der Waals surface area contributed by atoms with Crippen LogP contribution >= 0.6 is 0 Å². The molecule has 6 unspecified atom stereocenters. The van der Waals surface area contributed by atoms with Gasteiger partial charge in [0.1, 0.15) is 23.9 Å². The van der Waals surface area contributed by atoms with Crippen molar-refractivity contribution in [3.63, 3.8) is 0 Å². The molecule has 1 aromatic rings. The van der Waals surface area contributed by atoms with Gasteiger partial charge in [-0.1, -0.05) is 24.3 Å². The highest BCUT2D eigenvalue weighted by molar-refractivity contribution is 5.97. The molecule has 1 saturated heterocycles. The van der Waals surface area contributed by atoms with E-state index in [1.807, 2.05) is 24.3 Å². The largest absolute Gasteiger partial charge is 0.460 e. The number of hydrogen-bond donors (Lipinski definition) is 5. The van der Waals surface area contributed by atoms with Crippen molar-refractivity contribution in [2.75, 3.05) is 6.61 Å². The number of hydrogen-bond acceptors (Lipinski definition) is 9. The van der Waals surface area contributed by atoms with E-state index in [4.69, 9.17) is 14.2 Å². The van der Waals surface area contributed by atoms with E-state index in [9.17, 15) is 29.7 Å². The van der Waals surface area contributed by atoms with E-state index in [0.717, 1.165) is 11.1 Å². The van der Waals surface area contributed by atoms with Crippen LogP contribution in [-0.2, 0) is 41.4 Å². The third-order valence-electron chi connectivity index (χ3n) is 7.26. The van der Waals surface area contributed by atoms with Crippen LogP contribution in [0.2, 0.25) is 0 Å². The van der Waals surface area contributed by atoms with Crippen LogP contribution in [0.3, 0.4) is 0 Å². The minimum Gasteiger partial charge on any atom is -0.460 e. The fourth-order valence-corrected chi connectivity index (χ4v) is 5.40. The van der Waals surface area contributed by atoms with E-state index in [2.05, 4.69) is 10.6 Å². The van der Waals surface area contributed by atoms with E-state index >= 15 is 0 Å². The molecular weight excluding hydrogens is 520 g/mol. The van der Waals surface area contributed by atoms with Gasteiger partial charge in [0.25, 0.3) is 0 Å². The molecule has 6 atom stereocenters. The first-order chi connectivity index (χ1) is 18.8. The first-order valence-corrected chi connectivity index (χ1v) is 13.7. The van der Waals surface area contributed by atoms with E-state index < -0.39 is 72.3 Å². The van der Waals surface area contributed by atoms with Crippen molar-refractivity contribution in [2.24, 2.45) is 0 Å². The summed E-state index contributed by atoms with van der Waals surface area (Å²) in [6, 6.07) is 5.82. The number of carbonyl (C=O) groups is 3. The molecule has 1 heterocycles. The maximum absolute atomic E-state index is 13.2. The molecule has 1 spiro atoms. The van der Waals surface area contributed by atoms with Crippen LogP contribution in [-0.4, -0.2) is 87.6 Å². The van der Waals surface area contributed by atoms with Crippen LogP contribution in [0, 0.1) is 0 Å². The average Bonchev–Trinajstić information content (AvgIpc) is 3.41. The fourth-order valence-electron chi connectivity index (χ4n) is 5.40. The van der Waals surface area contributed by atoms with Gasteiger partial charge in [0.2, 0.25) is 11.8 Å². The third kappa shape index (κ3) is 7.08. The molecule has 5 N–H and O–H groups in total. The van der Waals surface area contributed by atoms with E-state index in [-0.39, 0.29) is 24.8 Å². The molecule has 1 aliphatic heterocycles. The molecule has 0 bridgehead atoms. The zero-order valence-corrected chi connectivity index (χ0v) is 23.4. The molecule has 3 aliphatic rings. The number of nitrogens with one attached hydrogen (secondary N) is 2. The van der Waals surface area contributed by atoms with Gasteiger partial charge in [0, 0.05) is 31.3 Å². The number of aliphatic hydroxyl groups excluding tert-OH is 3. The second kappa shape index (κ2) is 12.0. The van der Waals surface area contributed by atoms with Gasteiger partial charge in [-0.15, -0.1) is 0 Å². The number of carbonyl (C=O) groups excluding carboxylic acids is 3. The Balaban J connectivity index is 1.36. The lowest BCUT2D eigenvalue weighted by Crippen LogP contribution is -2.55. The summed E-state index contributed by atoms with van der Waals surface area (Å²) < 4.78 is 17.7. The monoisotopic (exact) mass is 560 g/mol. The third-order valence-corrected chi connectivity index (χ3v) is 7.26. The SMILES string of the molecule is CC(O)C(NC(=O)C1=CC2OC3(Cc4ccccc4C3)OC2C(O)C1)C(=O)NC(CO)CCC(=O)OC(C)(C)C. The first-order valence-electron chi connectivity index (χ1n) is 13.7. The molecule has 11 heteroatoms. The maximum atomic E-state index is 13.2. The second-order valence-corrected chi connectivity index (χ2v) is 11.9. The Labute approximate surface area is 233 Å².